The van der Waals surface area contributed by atoms with Crippen molar-refractivity contribution in [3.8, 4) is 0 Å². The molecule has 2 heterocycles. The first-order valence-corrected chi connectivity index (χ1v) is 7.76. The number of nitrogens with one attached hydrogen (secondary N) is 1. The first-order valence-electron chi connectivity index (χ1n) is 6.97. The van der Waals surface area contributed by atoms with Crippen LogP contribution in [0.5, 0.6) is 0 Å². The summed E-state index contributed by atoms with van der Waals surface area (Å²) in [7, 11) is 0. The highest BCUT2D eigenvalue weighted by Crippen LogP contribution is 2.31. The highest BCUT2D eigenvalue weighted by molar-refractivity contribution is 9.10. The molecule has 0 saturated heterocycles. The first kappa shape index (κ1) is 14.2. The summed E-state index contributed by atoms with van der Waals surface area (Å²) in [4.78, 5) is 8.56. The van der Waals surface area contributed by atoms with E-state index >= 15 is 0 Å². The van der Waals surface area contributed by atoms with E-state index in [1.54, 1.807) is 18.6 Å². The molecule has 3 aromatic rings. The van der Waals surface area contributed by atoms with Crippen molar-refractivity contribution in [2.75, 3.05) is 6.54 Å². The Morgan fingerprint density at radius 2 is 2.24 bits per heavy atom. The molecule has 0 fully saturated rings. The van der Waals surface area contributed by atoms with Crippen LogP contribution in [0.1, 0.15) is 30.8 Å². The number of nitrogens with zero attached hydrogens (tertiary/aromatic N) is 2. The molecule has 1 aromatic carbocycles. The van der Waals surface area contributed by atoms with Crippen LogP contribution < -0.4 is 5.32 Å². The van der Waals surface area contributed by atoms with Crippen LogP contribution in [0.25, 0.3) is 11.0 Å². The van der Waals surface area contributed by atoms with Gasteiger partial charge in [0.25, 0.3) is 0 Å². The van der Waals surface area contributed by atoms with E-state index < -0.39 is 0 Å². The van der Waals surface area contributed by atoms with E-state index in [0.717, 1.165) is 39.9 Å². The lowest BCUT2D eigenvalue weighted by molar-refractivity contribution is 0.462. The standard InChI is InChI=1S/C16H16BrN3O/c1-2-6-20-15(13-10-18-7-8-19-13)14-9-11-4-3-5-12(17)16(11)21-14/h3-5,7-10,15,20H,2,6H2,1H3. The van der Waals surface area contributed by atoms with Gasteiger partial charge < -0.3 is 9.73 Å². The first-order chi connectivity index (χ1) is 10.3. The molecule has 0 spiro atoms. The summed E-state index contributed by atoms with van der Waals surface area (Å²) < 4.78 is 6.99. The van der Waals surface area contributed by atoms with Gasteiger partial charge in [0, 0.05) is 17.8 Å². The lowest BCUT2D eigenvalue weighted by Crippen LogP contribution is -2.23. The van der Waals surface area contributed by atoms with E-state index in [2.05, 4.69) is 44.2 Å². The fraction of sp³-hybridized carbons (Fsp3) is 0.250. The van der Waals surface area contributed by atoms with Gasteiger partial charge in [-0.15, -0.1) is 0 Å². The second-order valence-electron chi connectivity index (χ2n) is 4.82. The van der Waals surface area contributed by atoms with E-state index in [1.807, 2.05) is 18.2 Å². The molecule has 2 aromatic heterocycles. The number of hydrogen-bond acceptors (Lipinski definition) is 4. The lowest BCUT2D eigenvalue weighted by atomic mass is 10.1. The molecule has 0 amide bonds. The Kier molecular flexibility index (Phi) is 4.31. The molecule has 3 rings (SSSR count). The number of para-hydroxylation sites is 1. The maximum absolute atomic E-state index is 6.04. The van der Waals surface area contributed by atoms with Crippen LogP contribution in [0.4, 0.5) is 0 Å². The Balaban J connectivity index is 2.03. The van der Waals surface area contributed by atoms with Gasteiger partial charge in [0.15, 0.2) is 0 Å². The summed E-state index contributed by atoms with van der Waals surface area (Å²) >= 11 is 3.53. The van der Waals surface area contributed by atoms with Gasteiger partial charge in [-0.3, -0.25) is 9.97 Å². The number of fused-ring (bicyclic) bond motifs is 1. The number of aromatic nitrogens is 2. The van der Waals surface area contributed by atoms with Crippen molar-refractivity contribution >= 4 is 26.9 Å². The van der Waals surface area contributed by atoms with Crippen LogP contribution in [0.15, 0.2) is 51.7 Å². The van der Waals surface area contributed by atoms with Crippen molar-refractivity contribution in [2.45, 2.75) is 19.4 Å². The molecule has 0 aliphatic heterocycles. The Hall–Kier alpha value is -1.72. The molecule has 4 nitrogen and oxygen atoms in total. The number of hydrogen-bond donors (Lipinski definition) is 1. The van der Waals surface area contributed by atoms with Crippen LogP contribution in [0, 0.1) is 0 Å². The third-order valence-electron chi connectivity index (χ3n) is 3.28. The zero-order valence-electron chi connectivity index (χ0n) is 11.7. The molecule has 1 atom stereocenters. The lowest BCUT2D eigenvalue weighted by Gasteiger charge is -2.15. The Labute approximate surface area is 131 Å². The van der Waals surface area contributed by atoms with Crippen molar-refractivity contribution in [3.63, 3.8) is 0 Å². The van der Waals surface area contributed by atoms with E-state index in [4.69, 9.17) is 4.42 Å². The minimum absolute atomic E-state index is 0.0852. The maximum atomic E-state index is 6.04. The largest absolute Gasteiger partial charge is 0.458 e. The van der Waals surface area contributed by atoms with Crippen molar-refractivity contribution in [2.24, 2.45) is 0 Å². The minimum atomic E-state index is -0.0852. The third-order valence-corrected chi connectivity index (χ3v) is 3.90. The quantitative estimate of drug-likeness (QED) is 0.757. The number of halogens is 1. The van der Waals surface area contributed by atoms with Crippen molar-refractivity contribution < 1.29 is 4.42 Å². The molecule has 0 bridgehead atoms. The maximum Gasteiger partial charge on any atom is 0.148 e. The molecule has 1 unspecified atom stereocenters. The average molecular weight is 346 g/mol. The summed E-state index contributed by atoms with van der Waals surface area (Å²) in [6.45, 7) is 3.02. The molecule has 5 heteroatoms. The average Bonchev–Trinajstić information content (AvgIpc) is 2.94. The fourth-order valence-corrected chi connectivity index (χ4v) is 2.75. The van der Waals surface area contributed by atoms with E-state index in [-0.39, 0.29) is 6.04 Å². The zero-order valence-corrected chi connectivity index (χ0v) is 13.3. The predicted molar refractivity (Wildman–Crippen MR) is 86.1 cm³/mol. The van der Waals surface area contributed by atoms with Gasteiger partial charge in [0.05, 0.1) is 16.4 Å². The minimum Gasteiger partial charge on any atom is -0.458 e. The zero-order chi connectivity index (χ0) is 14.7. The second-order valence-corrected chi connectivity index (χ2v) is 5.68. The normalized spacial score (nSPS) is 12.7. The smallest absolute Gasteiger partial charge is 0.148 e. The van der Waals surface area contributed by atoms with Gasteiger partial charge in [0.1, 0.15) is 17.4 Å². The highest BCUT2D eigenvalue weighted by Gasteiger charge is 2.20. The molecule has 1 N–H and O–H groups in total. The van der Waals surface area contributed by atoms with Crippen LogP contribution in [-0.2, 0) is 0 Å². The van der Waals surface area contributed by atoms with Gasteiger partial charge in [0.2, 0.25) is 0 Å². The third kappa shape index (κ3) is 2.99. The molecule has 0 saturated carbocycles. The second kappa shape index (κ2) is 6.37. The monoisotopic (exact) mass is 345 g/mol. The van der Waals surface area contributed by atoms with Gasteiger partial charge in [-0.1, -0.05) is 19.1 Å². The highest BCUT2D eigenvalue weighted by atomic mass is 79.9. The van der Waals surface area contributed by atoms with Crippen LogP contribution in [0.3, 0.4) is 0 Å². The number of furan rings is 1. The molecule has 0 radical (unpaired) electrons. The van der Waals surface area contributed by atoms with E-state index in [1.165, 1.54) is 0 Å². The van der Waals surface area contributed by atoms with Crippen LogP contribution in [-0.4, -0.2) is 16.5 Å². The number of benzene rings is 1. The molecule has 0 aliphatic carbocycles. The fourth-order valence-electron chi connectivity index (χ4n) is 2.29. The summed E-state index contributed by atoms with van der Waals surface area (Å²) in [5, 5.41) is 4.55. The molecule has 108 valence electrons. The summed E-state index contributed by atoms with van der Waals surface area (Å²) in [5.74, 6) is 0.853. The van der Waals surface area contributed by atoms with E-state index in [9.17, 15) is 0 Å². The van der Waals surface area contributed by atoms with Gasteiger partial charge >= 0.3 is 0 Å². The SMILES string of the molecule is CCCNC(c1cnccn1)c1cc2cccc(Br)c2o1. The van der Waals surface area contributed by atoms with Gasteiger partial charge in [-0.05, 0) is 41.0 Å². The Morgan fingerprint density at radius 3 is 2.95 bits per heavy atom. The summed E-state index contributed by atoms with van der Waals surface area (Å²) in [6.07, 6.45) is 6.19. The molecule has 21 heavy (non-hydrogen) atoms. The topological polar surface area (TPSA) is 51.0 Å². The van der Waals surface area contributed by atoms with Crippen LogP contribution >= 0.6 is 15.9 Å². The number of rotatable bonds is 5. The van der Waals surface area contributed by atoms with Crippen molar-refractivity contribution in [1.82, 2.24) is 15.3 Å². The summed E-state index contributed by atoms with van der Waals surface area (Å²) in [6, 6.07) is 8.00. The van der Waals surface area contributed by atoms with Crippen molar-refractivity contribution in [3.05, 3.63) is 58.8 Å². The van der Waals surface area contributed by atoms with Gasteiger partial charge in [-0.2, -0.15) is 0 Å². The van der Waals surface area contributed by atoms with Gasteiger partial charge in [-0.25, -0.2) is 0 Å². The summed E-state index contributed by atoms with van der Waals surface area (Å²) in [5.41, 5.74) is 1.72. The Bertz CT molecular complexity index is 727. The Morgan fingerprint density at radius 1 is 1.33 bits per heavy atom. The van der Waals surface area contributed by atoms with E-state index in [0.29, 0.717) is 0 Å². The molecule has 0 aliphatic rings. The van der Waals surface area contributed by atoms with Crippen LogP contribution in [0.2, 0.25) is 0 Å². The molecular weight excluding hydrogens is 330 g/mol. The predicted octanol–water partition coefficient (Wildman–Crippen LogP) is 4.07. The van der Waals surface area contributed by atoms with Crippen molar-refractivity contribution in [1.29, 1.82) is 0 Å². The molecular formula is C16H16BrN3O.